The topological polar surface area (TPSA) is 46.5 Å². The Kier molecular flexibility index (Phi) is 5.87. The molecule has 0 amide bonds. The predicted molar refractivity (Wildman–Crippen MR) is 98.2 cm³/mol. The summed E-state index contributed by atoms with van der Waals surface area (Å²) < 4.78 is 5.66. The van der Waals surface area contributed by atoms with Crippen molar-refractivity contribution in [1.82, 2.24) is 0 Å². The number of aliphatic hydroxyl groups excluding tert-OH is 1. The van der Waals surface area contributed by atoms with Gasteiger partial charge in [-0.2, -0.15) is 0 Å². The number of benzene rings is 1. The van der Waals surface area contributed by atoms with E-state index < -0.39 is 25.3 Å². The monoisotopic (exact) mass is 336 g/mol. The van der Waals surface area contributed by atoms with Crippen LogP contribution in [0.15, 0.2) is 30.3 Å². The highest BCUT2D eigenvalue weighted by Crippen LogP contribution is 2.49. The predicted octanol–water partition coefficient (Wildman–Crippen LogP) is 4.94. The molecule has 1 aromatic carbocycles. The van der Waals surface area contributed by atoms with Crippen LogP contribution in [0.4, 0.5) is 0 Å². The van der Waals surface area contributed by atoms with Gasteiger partial charge in [-0.25, -0.2) is 0 Å². The van der Waals surface area contributed by atoms with E-state index >= 15 is 0 Å². The van der Waals surface area contributed by atoms with Gasteiger partial charge in [0.2, 0.25) is 0 Å². The van der Waals surface area contributed by atoms with Gasteiger partial charge < -0.3 is 9.84 Å². The van der Waals surface area contributed by atoms with Crippen molar-refractivity contribution in [3.63, 3.8) is 0 Å². The number of hydrogen-bond donors (Lipinski definition) is 1. The van der Waals surface area contributed by atoms with Gasteiger partial charge >= 0.3 is 5.97 Å². The van der Waals surface area contributed by atoms with Crippen LogP contribution in [0.5, 0.6) is 0 Å². The Morgan fingerprint density at radius 3 is 1.91 bits per heavy atom. The second kappa shape index (κ2) is 6.77. The van der Waals surface area contributed by atoms with Crippen molar-refractivity contribution in [2.45, 2.75) is 76.9 Å². The molecule has 23 heavy (non-hydrogen) atoms. The number of aliphatic hydroxyl groups is 1. The van der Waals surface area contributed by atoms with Gasteiger partial charge in [-0.05, 0) is 31.4 Å². The third-order valence-corrected chi connectivity index (χ3v) is 10.8. The standard InChI is InChI=1S/C19H32O3Si/c1-18(2,3)22-17(21)16(23(7,8)19(4,5)6)15(20)14-12-10-9-11-13-14/h9-13,15-16,20H,1-8H3. The molecule has 0 fully saturated rings. The van der Waals surface area contributed by atoms with E-state index in [0.29, 0.717) is 0 Å². The largest absolute Gasteiger partial charge is 0.460 e. The summed E-state index contributed by atoms with van der Waals surface area (Å²) in [6.45, 7) is 16.4. The minimum atomic E-state index is -2.17. The highest BCUT2D eigenvalue weighted by molar-refractivity contribution is 6.84. The second-order valence-corrected chi connectivity index (χ2v) is 14.4. The van der Waals surface area contributed by atoms with Crippen molar-refractivity contribution < 1.29 is 14.6 Å². The van der Waals surface area contributed by atoms with Gasteiger partial charge in [-0.15, -0.1) is 0 Å². The second-order valence-electron chi connectivity index (χ2n) is 8.84. The minimum Gasteiger partial charge on any atom is -0.460 e. The molecule has 0 heterocycles. The summed E-state index contributed by atoms with van der Waals surface area (Å²) in [4.78, 5) is 12.9. The molecule has 0 radical (unpaired) electrons. The molecule has 3 nitrogen and oxygen atoms in total. The summed E-state index contributed by atoms with van der Waals surface area (Å²) in [6.07, 6.45) is -0.841. The zero-order valence-corrected chi connectivity index (χ0v) is 16.8. The quantitative estimate of drug-likeness (QED) is 0.625. The van der Waals surface area contributed by atoms with Gasteiger partial charge in [0, 0.05) is 0 Å². The Bertz CT molecular complexity index is 524. The van der Waals surface area contributed by atoms with Gasteiger partial charge in [-0.1, -0.05) is 64.2 Å². The zero-order valence-electron chi connectivity index (χ0n) is 15.8. The molecule has 2 unspecified atom stereocenters. The summed E-state index contributed by atoms with van der Waals surface area (Å²) in [5.41, 5.74) is -0.300. The maximum absolute atomic E-state index is 12.9. The lowest BCUT2D eigenvalue weighted by Crippen LogP contribution is -2.49. The van der Waals surface area contributed by atoms with Crippen LogP contribution in [0.1, 0.15) is 53.2 Å². The number of hydrogen-bond acceptors (Lipinski definition) is 3. The van der Waals surface area contributed by atoms with Crippen LogP contribution in [0.25, 0.3) is 0 Å². The molecule has 1 aromatic rings. The first-order valence-corrected chi connectivity index (χ1v) is 11.3. The van der Waals surface area contributed by atoms with E-state index in [1.54, 1.807) is 0 Å². The van der Waals surface area contributed by atoms with Crippen molar-refractivity contribution >= 4 is 14.0 Å². The molecule has 1 rings (SSSR count). The Hall–Kier alpha value is -1.13. The van der Waals surface area contributed by atoms with Gasteiger partial charge in [-0.3, -0.25) is 4.79 Å². The van der Waals surface area contributed by atoms with Crippen LogP contribution < -0.4 is 0 Å². The summed E-state index contributed by atoms with van der Waals surface area (Å²) in [5, 5.41) is 10.9. The number of esters is 1. The molecule has 0 spiro atoms. The number of carbonyl (C=O) groups is 1. The molecule has 0 aliphatic rings. The number of ether oxygens (including phenoxy) is 1. The van der Waals surface area contributed by atoms with Crippen molar-refractivity contribution in [2.75, 3.05) is 0 Å². The van der Waals surface area contributed by atoms with E-state index in [0.717, 1.165) is 5.56 Å². The molecule has 0 aliphatic carbocycles. The van der Waals surface area contributed by atoms with Crippen molar-refractivity contribution in [3.05, 3.63) is 35.9 Å². The average Bonchev–Trinajstić information content (AvgIpc) is 2.36. The average molecular weight is 337 g/mol. The smallest absolute Gasteiger partial charge is 0.309 e. The molecule has 0 saturated carbocycles. The van der Waals surface area contributed by atoms with Gasteiger partial charge in [0.1, 0.15) is 5.60 Å². The first-order valence-electron chi connectivity index (χ1n) is 8.23. The Morgan fingerprint density at radius 2 is 1.52 bits per heavy atom. The van der Waals surface area contributed by atoms with E-state index in [1.165, 1.54) is 0 Å². The van der Waals surface area contributed by atoms with E-state index in [2.05, 4.69) is 33.9 Å². The van der Waals surface area contributed by atoms with Crippen LogP contribution in [0.2, 0.25) is 23.7 Å². The van der Waals surface area contributed by atoms with Crippen molar-refractivity contribution in [2.24, 2.45) is 0 Å². The van der Waals surface area contributed by atoms with Gasteiger partial charge in [0.25, 0.3) is 0 Å². The van der Waals surface area contributed by atoms with E-state index in [9.17, 15) is 9.90 Å². The van der Waals surface area contributed by atoms with Gasteiger partial charge in [0.15, 0.2) is 0 Å². The summed E-state index contributed by atoms with van der Waals surface area (Å²) >= 11 is 0. The first-order chi connectivity index (χ1) is 10.3. The Balaban J connectivity index is 3.29. The fraction of sp³-hybridized carbons (Fsp3) is 0.632. The van der Waals surface area contributed by atoms with Crippen LogP contribution in [-0.2, 0) is 9.53 Å². The Morgan fingerprint density at radius 1 is 1.04 bits per heavy atom. The maximum atomic E-state index is 12.9. The van der Waals surface area contributed by atoms with Crippen LogP contribution in [0.3, 0.4) is 0 Å². The number of carbonyl (C=O) groups excluding carboxylic acids is 1. The Labute approximate surface area is 142 Å². The minimum absolute atomic E-state index is 0.0374. The third-order valence-electron chi connectivity index (χ3n) is 4.83. The molecular weight excluding hydrogens is 304 g/mol. The van der Waals surface area contributed by atoms with E-state index in [1.807, 2.05) is 51.1 Å². The van der Waals surface area contributed by atoms with Crippen molar-refractivity contribution in [1.29, 1.82) is 0 Å². The highest BCUT2D eigenvalue weighted by Gasteiger charge is 2.50. The van der Waals surface area contributed by atoms with Crippen LogP contribution in [0, 0.1) is 0 Å². The van der Waals surface area contributed by atoms with Crippen LogP contribution >= 0.6 is 0 Å². The fourth-order valence-electron chi connectivity index (χ4n) is 2.49. The lowest BCUT2D eigenvalue weighted by molar-refractivity contribution is -0.157. The molecular formula is C19H32O3Si. The molecule has 0 bridgehead atoms. The summed E-state index contributed by atoms with van der Waals surface area (Å²) in [7, 11) is -2.17. The molecule has 0 aromatic heterocycles. The number of rotatable bonds is 4. The zero-order chi connectivity index (χ0) is 18.1. The van der Waals surface area contributed by atoms with E-state index in [-0.39, 0.29) is 11.0 Å². The SMILES string of the molecule is CC(C)(C)OC(=O)C(C(O)c1ccccc1)[Si](C)(C)C(C)(C)C. The summed E-state index contributed by atoms with van der Waals surface area (Å²) in [6, 6.07) is 9.42. The van der Waals surface area contributed by atoms with E-state index in [4.69, 9.17) is 4.74 Å². The molecule has 130 valence electrons. The molecule has 0 aliphatic heterocycles. The maximum Gasteiger partial charge on any atom is 0.309 e. The molecule has 4 heteroatoms. The van der Waals surface area contributed by atoms with Crippen LogP contribution in [-0.4, -0.2) is 24.8 Å². The molecule has 1 N–H and O–H groups in total. The molecule has 0 saturated heterocycles. The van der Waals surface area contributed by atoms with Crippen molar-refractivity contribution in [3.8, 4) is 0 Å². The first kappa shape index (κ1) is 19.9. The highest BCUT2D eigenvalue weighted by atomic mass is 28.3. The third kappa shape index (κ3) is 4.92. The summed E-state index contributed by atoms with van der Waals surface area (Å²) in [5.74, 6) is -0.291. The molecule has 2 atom stereocenters. The van der Waals surface area contributed by atoms with Gasteiger partial charge in [0.05, 0.1) is 19.7 Å². The lowest BCUT2D eigenvalue weighted by Gasteiger charge is -2.44. The normalized spacial score (nSPS) is 15.9. The lowest BCUT2D eigenvalue weighted by atomic mass is 10.1. The fourth-order valence-corrected chi connectivity index (χ4v) is 5.06.